The molecule has 2 aromatic rings. The Morgan fingerprint density at radius 2 is 1.61 bits per heavy atom. The second-order valence-electron chi connectivity index (χ2n) is 6.74. The average Bonchev–Trinajstić information content (AvgIpc) is 2.65. The molecule has 7 heteroatoms. The molecule has 2 aromatic carbocycles. The van der Waals surface area contributed by atoms with Crippen molar-refractivity contribution in [1.29, 1.82) is 0 Å². The number of nitrogens with zero attached hydrogens (tertiary/aromatic N) is 1. The predicted molar refractivity (Wildman–Crippen MR) is 113 cm³/mol. The van der Waals surface area contributed by atoms with Crippen LogP contribution in [0.25, 0.3) is 0 Å². The van der Waals surface area contributed by atoms with Crippen molar-refractivity contribution in [2.75, 3.05) is 37.5 Å². The zero-order valence-electron chi connectivity index (χ0n) is 16.4. The van der Waals surface area contributed by atoms with E-state index in [4.69, 9.17) is 0 Å². The largest absolute Gasteiger partial charge is 0.353 e. The number of anilines is 1. The van der Waals surface area contributed by atoms with Crippen LogP contribution in [0.2, 0.25) is 0 Å². The van der Waals surface area contributed by atoms with E-state index in [0.29, 0.717) is 12.2 Å². The number of thioether (sulfide) groups is 1. The van der Waals surface area contributed by atoms with Crippen LogP contribution < -0.4 is 10.6 Å². The first-order valence-electron chi connectivity index (χ1n) is 8.98. The predicted octanol–water partition coefficient (Wildman–Crippen LogP) is 3.22. The summed E-state index contributed by atoms with van der Waals surface area (Å²) in [6.07, 6.45) is 0. The fourth-order valence-electron chi connectivity index (χ4n) is 2.62. The van der Waals surface area contributed by atoms with E-state index in [2.05, 4.69) is 39.8 Å². The number of carbonyl (C=O) groups excluding carboxylic acids is 2. The molecule has 0 bridgehead atoms. The lowest BCUT2D eigenvalue weighted by molar-refractivity contribution is -0.118. The molecule has 0 aromatic heterocycles. The number of likely N-dealkylation sites (N-methyl/N-ethyl adjacent to an activating group) is 1. The van der Waals surface area contributed by atoms with Gasteiger partial charge in [-0.1, -0.05) is 29.8 Å². The molecule has 0 radical (unpaired) electrons. The Morgan fingerprint density at radius 1 is 1.00 bits per heavy atom. The fraction of sp³-hybridized carbons (Fsp3) is 0.333. The van der Waals surface area contributed by atoms with Crippen LogP contribution in [0.1, 0.15) is 17.2 Å². The monoisotopic (exact) mass is 403 g/mol. The Labute approximate surface area is 169 Å². The molecule has 1 unspecified atom stereocenters. The first kappa shape index (κ1) is 21.9. The van der Waals surface area contributed by atoms with Crippen molar-refractivity contribution in [3.63, 3.8) is 0 Å². The first-order chi connectivity index (χ1) is 13.3. The van der Waals surface area contributed by atoms with Gasteiger partial charge in [0.15, 0.2) is 0 Å². The van der Waals surface area contributed by atoms with Crippen molar-refractivity contribution < 1.29 is 14.0 Å². The number of carbonyl (C=O) groups is 2. The van der Waals surface area contributed by atoms with E-state index in [1.807, 2.05) is 21.0 Å². The van der Waals surface area contributed by atoms with Crippen molar-refractivity contribution in [2.24, 2.45) is 0 Å². The summed E-state index contributed by atoms with van der Waals surface area (Å²) in [5, 5.41) is 5.60. The van der Waals surface area contributed by atoms with Crippen LogP contribution in [-0.2, 0) is 9.59 Å². The van der Waals surface area contributed by atoms with Crippen LogP contribution in [0.4, 0.5) is 10.1 Å². The van der Waals surface area contributed by atoms with Crippen LogP contribution in [-0.4, -0.2) is 48.9 Å². The lowest BCUT2D eigenvalue weighted by Crippen LogP contribution is -2.35. The minimum atomic E-state index is -0.356. The van der Waals surface area contributed by atoms with E-state index in [9.17, 15) is 14.0 Å². The molecule has 5 nitrogen and oxygen atoms in total. The summed E-state index contributed by atoms with van der Waals surface area (Å²) < 4.78 is 12.9. The van der Waals surface area contributed by atoms with E-state index < -0.39 is 0 Å². The molecule has 2 rings (SSSR count). The molecule has 0 heterocycles. The Balaban J connectivity index is 1.73. The van der Waals surface area contributed by atoms with Gasteiger partial charge in [0.2, 0.25) is 11.8 Å². The van der Waals surface area contributed by atoms with Crippen molar-refractivity contribution in [3.05, 3.63) is 65.5 Å². The standard InChI is InChI=1S/C21H26FN3O2S/c1-15-4-6-16(7-5-15)19(25(2)3)12-23-20(26)13-28-14-21(27)24-18-10-8-17(22)9-11-18/h4-11,19H,12-14H2,1-3H3,(H,23,26)(H,24,27). The second kappa shape index (κ2) is 10.8. The molecule has 0 fully saturated rings. The van der Waals surface area contributed by atoms with Gasteiger partial charge in [0, 0.05) is 12.2 Å². The van der Waals surface area contributed by atoms with Gasteiger partial charge in [-0.2, -0.15) is 0 Å². The molecule has 0 spiro atoms. The van der Waals surface area contributed by atoms with Crippen LogP contribution >= 0.6 is 11.8 Å². The maximum atomic E-state index is 12.9. The Hall–Kier alpha value is -2.38. The number of amides is 2. The third-order valence-corrected chi connectivity index (χ3v) is 5.10. The molecule has 0 saturated heterocycles. The van der Waals surface area contributed by atoms with Gasteiger partial charge in [0.1, 0.15) is 5.82 Å². The molecular formula is C21H26FN3O2S. The normalized spacial score (nSPS) is 11.9. The molecule has 2 amide bonds. The molecule has 0 aliphatic rings. The van der Waals surface area contributed by atoms with Crippen LogP contribution in [0.3, 0.4) is 0 Å². The SMILES string of the molecule is Cc1ccc(C(CNC(=O)CSCC(=O)Nc2ccc(F)cc2)N(C)C)cc1. The topological polar surface area (TPSA) is 61.4 Å². The van der Waals surface area contributed by atoms with E-state index >= 15 is 0 Å². The van der Waals surface area contributed by atoms with Crippen molar-refractivity contribution in [1.82, 2.24) is 10.2 Å². The molecule has 0 aliphatic heterocycles. The lowest BCUT2D eigenvalue weighted by Gasteiger charge is -2.25. The summed E-state index contributed by atoms with van der Waals surface area (Å²) in [6, 6.07) is 13.9. The molecule has 1 atom stereocenters. The average molecular weight is 404 g/mol. The summed E-state index contributed by atoms with van der Waals surface area (Å²) in [5.41, 5.74) is 2.87. The molecule has 28 heavy (non-hydrogen) atoms. The Kier molecular flexibility index (Phi) is 8.47. The molecule has 2 N–H and O–H groups in total. The highest BCUT2D eigenvalue weighted by atomic mass is 32.2. The summed E-state index contributed by atoms with van der Waals surface area (Å²) in [6.45, 7) is 2.54. The number of aryl methyl sites for hydroxylation is 1. The van der Waals surface area contributed by atoms with Gasteiger partial charge in [0.05, 0.1) is 17.5 Å². The summed E-state index contributed by atoms with van der Waals surface area (Å²) in [7, 11) is 3.95. The quantitative estimate of drug-likeness (QED) is 0.675. The smallest absolute Gasteiger partial charge is 0.234 e. The van der Waals surface area contributed by atoms with Gasteiger partial charge in [-0.05, 0) is 50.8 Å². The van der Waals surface area contributed by atoms with Gasteiger partial charge >= 0.3 is 0 Å². The van der Waals surface area contributed by atoms with Gasteiger partial charge in [-0.3, -0.25) is 9.59 Å². The number of halogens is 1. The minimum Gasteiger partial charge on any atom is -0.353 e. The molecule has 150 valence electrons. The van der Waals surface area contributed by atoms with E-state index in [1.165, 1.54) is 41.6 Å². The van der Waals surface area contributed by atoms with Crippen molar-refractivity contribution >= 4 is 29.3 Å². The first-order valence-corrected chi connectivity index (χ1v) is 10.1. The van der Waals surface area contributed by atoms with E-state index in [-0.39, 0.29) is 35.2 Å². The summed E-state index contributed by atoms with van der Waals surface area (Å²) in [4.78, 5) is 26.1. The third-order valence-electron chi connectivity index (χ3n) is 4.17. The number of rotatable bonds is 9. The van der Waals surface area contributed by atoms with Crippen LogP contribution in [0.5, 0.6) is 0 Å². The van der Waals surface area contributed by atoms with Gasteiger partial charge < -0.3 is 15.5 Å². The highest BCUT2D eigenvalue weighted by Gasteiger charge is 2.15. The van der Waals surface area contributed by atoms with Crippen molar-refractivity contribution in [3.8, 4) is 0 Å². The van der Waals surface area contributed by atoms with Gasteiger partial charge in [-0.25, -0.2) is 4.39 Å². The zero-order chi connectivity index (χ0) is 20.5. The van der Waals surface area contributed by atoms with Crippen molar-refractivity contribution in [2.45, 2.75) is 13.0 Å². The summed E-state index contributed by atoms with van der Waals surface area (Å²) in [5.74, 6) is -0.343. The Bertz CT molecular complexity index is 779. The maximum absolute atomic E-state index is 12.9. The third kappa shape index (κ3) is 7.32. The number of hydrogen-bond donors (Lipinski definition) is 2. The maximum Gasteiger partial charge on any atom is 0.234 e. The number of benzene rings is 2. The van der Waals surface area contributed by atoms with Gasteiger partial charge in [0.25, 0.3) is 0 Å². The zero-order valence-corrected chi connectivity index (χ0v) is 17.2. The van der Waals surface area contributed by atoms with Crippen LogP contribution in [0, 0.1) is 12.7 Å². The van der Waals surface area contributed by atoms with E-state index in [1.54, 1.807) is 0 Å². The van der Waals surface area contributed by atoms with Gasteiger partial charge in [-0.15, -0.1) is 11.8 Å². The highest BCUT2D eigenvalue weighted by Crippen LogP contribution is 2.18. The molecular weight excluding hydrogens is 377 g/mol. The molecule has 0 saturated carbocycles. The summed E-state index contributed by atoms with van der Waals surface area (Å²) >= 11 is 1.24. The minimum absolute atomic E-state index is 0.0799. The van der Waals surface area contributed by atoms with E-state index in [0.717, 1.165) is 5.56 Å². The number of nitrogens with one attached hydrogen (secondary N) is 2. The second-order valence-corrected chi connectivity index (χ2v) is 7.73. The lowest BCUT2D eigenvalue weighted by atomic mass is 10.0. The fourth-order valence-corrected chi connectivity index (χ4v) is 3.26. The molecule has 0 aliphatic carbocycles. The highest BCUT2D eigenvalue weighted by molar-refractivity contribution is 8.00. The number of hydrogen-bond acceptors (Lipinski definition) is 4. The van der Waals surface area contributed by atoms with Crippen LogP contribution in [0.15, 0.2) is 48.5 Å². The Morgan fingerprint density at radius 3 is 2.21 bits per heavy atom.